The first-order valence-electron chi connectivity index (χ1n) is 12.7. The third-order valence-electron chi connectivity index (χ3n) is 6.60. The number of phenols is 2. The molecule has 0 fully saturated rings. The highest BCUT2D eigenvalue weighted by Gasteiger charge is 2.31. The van der Waals surface area contributed by atoms with Crippen molar-refractivity contribution >= 4 is 0 Å². The monoisotopic (exact) mass is 470 g/mol. The van der Waals surface area contributed by atoms with Crippen molar-refractivity contribution in [3.63, 3.8) is 0 Å². The van der Waals surface area contributed by atoms with Gasteiger partial charge in [-0.05, 0) is 64.7 Å². The first-order chi connectivity index (χ1) is 15.7. The summed E-state index contributed by atoms with van der Waals surface area (Å²) in [4.78, 5) is 0. The van der Waals surface area contributed by atoms with Gasteiger partial charge in [0.05, 0.1) is 0 Å². The smallest absolute Gasteiger partial charge is 0.123 e. The Bertz CT molecular complexity index is 886. The van der Waals surface area contributed by atoms with Crippen LogP contribution in [-0.2, 0) is 23.7 Å². The molecule has 2 aromatic rings. The zero-order chi connectivity index (χ0) is 25.8. The van der Waals surface area contributed by atoms with Gasteiger partial charge < -0.3 is 20.4 Å². The Balaban J connectivity index is 2.85. The second-order valence-corrected chi connectivity index (χ2v) is 12.0. The summed E-state index contributed by atoms with van der Waals surface area (Å²) in [5.74, 6) is 0.497. The number of aryl methyl sites for hydroxylation is 2. The maximum absolute atomic E-state index is 11.5. The Labute approximate surface area is 206 Å². The average molecular weight is 471 g/mol. The number of rotatable bonds is 9. The predicted molar refractivity (Wildman–Crippen MR) is 141 cm³/mol. The fourth-order valence-corrected chi connectivity index (χ4v) is 4.80. The summed E-state index contributed by atoms with van der Waals surface area (Å²) in [6, 6.07) is 8.23. The molecule has 4 nitrogen and oxygen atoms in total. The van der Waals surface area contributed by atoms with Gasteiger partial charge in [0.1, 0.15) is 11.5 Å². The van der Waals surface area contributed by atoms with E-state index in [1.807, 2.05) is 0 Å². The Morgan fingerprint density at radius 3 is 1.26 bits per heavy atom. The summed E-state index contributed by atoms with van der Waals surface area (Å²) in [6.45, 7) is 17.1. The lowest BCUT2D eigenvalue weighted by Gasteiger charge is -2.31. The Hall–Kier alpha value is -2.04. The normalized spacial score (nSPS) is 12.7. The zero-order valence-corrected chi connectivity index (χ0v) is 22.5. The Kier molecular flexibility index (Phi) is 9.23. The molecule has 2 rings (SSSR count). The van der Waals surface area contributed by atoms with E-state index in [0.717, 1.165) is 46.2 Å². The highest BCUT2D eigenvalue weighted by Crippen LogP contribution is 2.47. The summed E-state index contributed by atoms with van der Waals surface area (Å²) in [5, 5.41) is 41.8. The minimum absolute atomic E-state index is 0.122. The van der Waals surface area contributed by atoms with Crippen LogP contribution in [0.3, 0.4) is 0 Å². The van der Waals surface area contributed by atoms with Crippen LogP contribution in [0.2, 0.25) is 0 Å². The van der Waals surface area contributed by atoms with Crippen molar-refractivity contribution in [2.75, 3.05) is 13.2 Å². The molecule has 0 aliphatic rings. The van der Waals surface area contributed by atoms with Crippen LogP contribution in [-0.4, -0.2) is 33.6 Å². The van der Waals surface area contributed by atoms with Crippen LogP contribution in [0, 0.1) is 5.92 Å². The van der Waals surface area contributed by atoms with Crippen LogP contribution in [0.15, 0.2) is 24.3 Å². The Morgan fingerprint density at radius 1 is 0.647 bits per heavy atom. The van der Waals surface area contributed by atoms with E-state index >= 15 is 0 Å². The molecule has 0 aromatic heterocycles. The SMILES string of the molecule is CC(C)C(c1cc(CCCO)cc(C(C)(C)C)c1O)c1cc(CCCO)cc(C(C)(C)C)c1O. The average Bonchev–Trinajstić information content (AvgIpc) is 2.72. The van der Waals surface area contributed by atoms with Crippen molar-refractivity contribution in [1.29, 1.82) is 0 Å². The lowest BCUT2D eigenvalue weighted by Crippen LogP contribution is -2.18. The number of phenolic OH excluding ortho intramolecular Hbond substituents is 2. The summed E-state index contributed by atoms with van der Waals surface area (Å²) < 4.78 is 0. The number of aromatic hydroxyl groups is 2. The fourth-order valence-electron chi connectivity index (χ4n) is 4.80. The van der Waals surface area contributed by atoms with Gasteiger partial charge in [0.15, 0.2) is 0 Å². The van der Waals surface area contributed by atoms with Crippen molar-refractivity contribution in [3.8, 4) is 11.5 Å². The van der Waals surface area contributed by atoms with Crippen LogP contribution in [0.4, 0.5) is 0 Å². The van der Waals surface area contributed by atoms with Gasteiger partial charge >= 0.3 is 0 Å². The lowest BCUT2D eigenvalue weighted by molar-refractivity contribution is 0.288. The topological polar surface area (TPSA) is 80.9 Å². The molecule has 0 aliphatic heterocycles. The van der Waals surface area contributed by atoms with E-state index in [4.69, 9.17) is 0 Å². The molecule has 0 heterocycles. The van der Waals surface area contributed by atoms with Crippen molar-refractivity contribution in [2.24, 2.45) is 5.92 Å². The van der Waals surface area contributed by atoms with E-state index in [-0.39, 0.29) is 47.4 Å². The van der Waals surface area contributed by atoms with Gasteiger partial charge in [0.2, 0.25) is 0 Å². The van der Waals surface area contributed by atoms with Gasteiger partial charge in [-0.15, -0.1) is 0 Å². The quantitative estimate of drug-likeness (QED) is 0.345. The molecule has 0 saturated heterocycles. The number of aliphatic hydroxyl groups is 2. The summed E-state index contributed by atoms with van der Waals surface area (Å²) in [6.07, 6.45) is 2.79. The van der Waals surface area contributed by atoms with Gasteiger partial charge in [0.25, 0.3) is 0 Å². The van der Waals surface area contributed by atoms with Crippen molar-refractivity contribution in [2.45, 2.75) is 97.8 Å². The highest BCUT2D eigenvalue weighted by molar-refractivity contribution is 5.56. The van der Waals surface area contributed by atoms with E-state index in [1.54, 1.807) is 0 Å². The van der Waals surface area contributed by atoms with Gasteiger partial charge in [0, 0.05) is 30.3 Å². The van der Waals surface area contributed by atoms with E-state index in [1.165, 1.54) is 0 Å². The van der Waals surface area contributed by atoms with Crippen LogP contribution in [0.1, 0.15) is 108 Å². The van der Waals surface area contributed by atoms with Gasteiger partial charge in [-0.2, -0.15) is 0 Å². The fraction of sp³-hybridized carbons (Fsp3) is 0.600. The largest absolute Gasteiger partial charge is 0.507 e. The summed E-state index contributed by atoms with van der Waals surface area (Å²) >= 11 is 0. The second kappa shape index (κ2) is 11.1. The first-order valence-corrected chi connectivity index (χ1v) is 12.7. The molecule has 0 spiro atoms. The van der Waals surface area contributed by atoms with E-state index in [0.29, 0.717) is 12.8 Å². The maximum Gasteiger partial charge on any atom is 0.123 e. The van der Waals surface area contributed by atoms with Gasteiger partial charge in [-0.25, -0.2) is 0 Å². The van der Waals surface area contributed by atoms with E-state index in [2.05, 4.69) is 79.7 Å². The minimum atomic E-state index is -0.253. The Morgan fingerprint density at radius 2 is 1.00 bits per heavy atom. The number of hydrogen-bond donors (Lipinski definition) is 4. The molecule has 4 N–H and O–H groups in total. The summed E-state index contributed by atoms with van der Waals surface area (Å²) in [7, 11) is 0. The minimum Gasteiger partial charge on any atom is -0.507 e. The molecule has 0 atom stereocenters. The molecule has 34 heavy (non-hydrogen) atoms. The molecule has 0 radical (unpaired) electrons. The van der Waals surface area contributed by atoms with Crippen LogP contribution >= 0.6 is 0 Å². The third-order valence-corrected chi connectivity index (χ3v) is 6.60. The lowest BCUT2D eigenvalue weighted by atomic mass is 9.74. The van der Waals surface area contributed by atoms with E-state index < -0.39 is 0 Å². The molecule has 190 valence electrons. The first kappa shape index (κ1) is 28.2. The number of benzene rings is 2. The van der Waals surface area contributed by atoms with Crippen LogP contribution in [0.5, 0.6) is 11.5 Å². The third kappa shape index (κ3) is 6.55. The van der Waals surface area contributed by atoms with Crippen LogP contribution < -0.4 is 0 Å². The molecule has 0 unspecified atom stereocenters. The highest BCUT2D eigenvalue weighted by atomic mass is 16.3. The van der Waals surface area contributed by atoms with Gasteiger partial charge in [-0.3, -0.25) is 0 Å². The molecule has 0 amide bonds. The standard InChI is InChI=1S/C30H46O4/c1-19(2)26(22-15-20(11-9-13-31)17-24(27(22)33)29(3,4)5)23-16-21(12-10-14-32)18-25(28(23)34)30(6,7)8/h15-19,26,31-34H,9-14H2,1-8H3. The number of aliphatic hydroxyl groups excluding tert-OH is 2. The molecule has 0 saturated carbocycles. The van der Waals surface area contributed by atoms with Crippen molar-refractivity contribution in [1.82, 2.24) is 0 Å². The summed E-state index contributed by atoms with van der Waals surface area (Å²) in [5.41, 5.74) is 5.09. The van der Waals surface area contributed by atoms with Crippen molar-refractivity contribution in [3.05, 3.63) is 57.6 Å². The predicted octanol–water partition coefficient (Wildman–Crippen LogP) is 6.33. The molecule has 0 aliphatic carbocycles. The molecule has 4 heteroatoms. The molecular weight excluding hydrogens is 424 g/mol. The molecule has 2 aromatic carbocycles. The zero-order valence-electron chi connectivity index (χ0n) is 22.5. The molecule has 0 bridgehead atoms. The van der Waals surface area contributed by atoms with Crippen molar-refractivity contribution < 1.29 is 20.4 Å². The number of hydrogen-bond acceptors (Lipinski definition) is 4. The van der Waals surface area contributed by atoms with Crippen LogP contribution in [0.25, 0.3) is 0 Å². The van der Waals surface area contributed by atoms with Gasteiger partial charge in [-0.1, -0.05) is 79.7 Å². The second-order valence-electron chi connectivity index (χ2n) is 12.0. The maximum atomic E-state index is 11.5. The van der Waals surface area contributed by atoms with E-state index in [9.17, 15) is 20.4 Å². The molecular formula is C30H46O4.